The number of carbonyl (C=O) groups is 1. The van der Waals surface area contributed by atoms with Gasteiger partial charge in [-0.3, -0.25) is 4.79 Å². The maximum atomic E-state index is 13.2. The lowest BCUT2D eigenvalue weighted by molar-refractivity contribution is 0.0676. The van der Waals surface area contributed by atoms with Crippen molar-refractivity contribution in [3.8, 4) is 11.6 Å². The Morgan fingerprint density at radius 1 is 1.32 bits per heavy atom. The number of nitrogens with zero attached hydrogens (tertiary/aromatic N) is 5. The van der Waals surface area contributed by atoms with E-state index in [1.165, 1.54) is 11.2 Å². The SMILES string of the molecule is CCN(C(=O)c1ccccc1Oc1nncnc1N1CC2(CCNCC2)C1)C(C)CF. The van der Waals surface area contributed by atoms with E-state index in [0.29, 0.717) is 29.1 Å². The fourth-order valence-electron chi connectivity index (χ4n) is 4.46. The normalized spacial score (nSPS) is 18.4. The lowest BCUT2D eigenvalue weighted by atomic mass is 9.72. The van der Waals surface area contributed by atoms with Crippen LogP contribution in [0.1, 0.15) is 37.0 Å². The van der Waals surface area contributed by atoms with E-state index in [2.05, 4.69) is 25.4 Å². The first-order valence-corrected chi connectivity index (χ1v) is 10.8. The van der Waals surface area contributed by atoms with Gasteiger partial charge in [0.1, 0.15) is 18.8 Å². The molecule has 1 atom stereocenters. The molecule has 2 aliphatic heterocycles. The van der Waals surface area contributed by atoms with E-state index < -0.39 is 12.7 Å². The molecule has 1 aromatic carbocycles. The van der Waals surface area contributed by atoms with Crippen LogP contribution in [0, 0.1) is 5.41 Å². The number of rotatable bonds is 7. The quantitative estimate of drug-likeness (QED) is 0.726. The van der Waals surface area contributed by atoms with Crippen molar-refractivity contribution in [3.63, 3.8) is 0 Å². The highest BCUT2D eigenvalue weighted by atomic mass is 19.1. The molecule has 0 bridgehead atoms. The van der Waals surface area contributed by atoms with Gasteiger partial charge in [0.25, 0.3) is 11.8 Å². The molecular formula is C22H29FN6O2. The van der Waals surface area contributed by atoms with E-state index in [4.69, 9.17) is 4.74 Å². The molecule has 1 amide bonds. The Hall–Kier alpha value is -2.81. The number of hydrogen-bond donors (Lipinski definition) is 1. The summed E-state index contributed by atoms with van der Waals surface area (Å²) in [6, 6.07) is 6.44. The fourth-order valence-corrected chi connectivity index (χ4v) is 4.46. The van der Waals surface area contributed by atoms with E-state index in [1.807, 2.05) is 6.92 Å². The molecule has 1 unspecified atom stereocenters. The predicted molar refractivity (Wildman–Crippen MR) is 115 cm³/mol. The van der Waals surface area contributed by atoms with Gasteiger partial charge in [-0.2, -0.15) is 0 Å². The van der Waals surface area contributed by atoms with Gasteiger partial charge < -0.3 is 19.9 Å². The molecule has 8 nitrogen and oxygen atoms in total. The van der Waals surface area contributed by atoms with Crippen LogP contribution in [0.2, 0.25) is 0 Å². The molecule has 0 radical (unpaired) electrons. The van der Waals surface area contributed by atoms with Gasteiger partial charge >= 0.3 is 0 Å². The van der Waals surface area contributed by atoms with Crippen LogP contribution < -0.4 is 15.0 Å². The molecule has 166 valence electrons. The second-order valence-corrected chi connectivity index (χ2v) is 8.39. The third-order valence-corrected chi connectivity index (χ3v) is 6.27. The molecule has 2 fully saturated rings. The molecule has 2 aliphatic rings. The van der Waals surface area contributed by atoms with Gasteiger partial charge in [-0.1, -0.05) is 12.1 Å². The number of hydrogen-bond acceptors (Lipinski definition) is 7. The number of halogens is 1. The summed E-state index contributed by atoms with van der Waals surface area (Å²) in [6.45, 7) is 7.21. The number of benzene rings is 1. The van der Waals surface area contributed by atoms with Crippen molar-refractivity contribution < 1.29 is 13.9 Å². The molecule has 4 rings (SSSR count). The zero-order valence-electron chi connectivity index (χ0n) is 18.1. The van der Waals surface area contributed by atoms with E-state index >= 15 is 0 Å². The number of aromatic nitrogens is 3. The summed E-state index contributed by atoms with van der Waals surface area (Å²) in [5, 5.41) is 11.4. The summed E-state index contributed by atoms with van der Waals surface area (Å²) >= 11 is 0. The average Bonchev–Trinajstić information content (AvgIpc) is 2.79. The van der Waals surface area contributed by atoms with E-state index in [-0.39, 0.29) is 11.8 Å². The monoisotopic (exact) mass is 428 g/mol. The van der Waals surface area contributed by atoms with Crippen LogP contribution in [0.3, 0.4) is 0 Å². The zero-order valence-corrected chi connectivity index (χ0v) is 18.1. The summed E-state index contributed by atoms with van der Waals surface area (Å²) in [5.74, 6) is 0.982. The Kier molecular flexibility index (Phi) is 6.31. The lowest BCUT2D eigenvalue weighted by Crippen LogP contribution is -2.60. The molecule has 0 aliphatic carbocycles. The Bertz CT molecular complexity index is 912. The van der Waals surface area contributed by atoms with Gasteiger partial charge in [0, 0.05) is 25.0 Å². The molecule has 0 saturated carbocycles. The molecule has 1 aromatic heterocycles. The second-order valence-electron chi connectivity index (χ2n) is 8.39. The third kappa shape index (κ3) is 4.32. The summed E-state index contributed by atoms with van der Waals surface area (Å²) in [6.07, 6.45) is 3.71. The van der Waals surface area contributed by atoms with Crippen molar-refractivity contribution in [2.24, 2.45) is 5.41 Å². The predicted octanol–water partition coefficient (Wildman–Crippen LogP) is 2.67. The molecule has 2 aromatic rings. The second kappa shape index (κ2) is 9.13. The fraction of sp³-hybridized carbons (Fsp3) is 0.545. The van der Waals surface area contributed by atoms with Gasteiger partial charge in [0.15, 0.2) is 5.82 Å². The molecule has 1 spiro atoms. The zero-order chi connectivity index (χ0) is 21.8. The average molecular weight is 429 g/mol. The Morgan fingerprint density at radius 3 is 2.77 bits per heavy atom. The highest BCUT2D eigenvalue weighted by Crippen LogP contribution is 2.43. The first kappa shape index (κ1) is 21.4. The number of alkyl halides is 1. The summed E-state index contributed by atoms with van der Waals surface area (Å²) in [5.41, 5.74) is 0.686. The van der Waals surface area contributed by atoms with Crippen LogP contribution in [0.25, 0.3) is 0 Å². The van der Waals surface area contributed by atoms with Crippen LogP contribution >= 0.6 is 0 Å². The summed E-state index contributed by atoms with van der Waals surface area (Å²) in [4.78, 5) is 21.1. The van der Waals surface area contributed by atoms with Crippen molar-refractivity contribution >= 4 is 11.7 Å². The number of piperidine rings is 1. The smallest absolute Gasteiger partial charge is 0.282 e. The minimum Gasteiger partial charge on any atom is -0.434 e. The highest BCUT2D eigenvalue weighted by molar-refractivity contribution is 5.97. The largest absolute Gasteiger partial charge is 0.434 e. The Labute approximate surface area is 181 Å². The van der Waals surface area contributed by atoms with Crippen molar-refractivity contribution in [3.05, 3.63) is 36.2 Å². The van der Waals surface area contributed by atoms with Crippen LogP contribution in [-0.2, 0) is 0 Å². The van der Waals surface area contributed by atoms with Crippen molar-refractivity contribution in [1.82, 2.24) is 25.4 Å². The van der Waals surface area contributed by atoms with Gasteiger partial charge in [-0.05, 0) is 51.9 Å². The Balaban J connectivity index is 1.55. The van der Waals surface area contributed by atoms with Crippen molar-refractivity contribution in [2.45, 2.75) is 32.7 Å². The Morgan fingerprint density at radius 2 is 2.06 bits per heavy atom. The van der Waals surface area contributed by atoms with E-state index in [9.17, 15) is 9.18 Å². The maximum Gasteiger partial charge on any atom is 0.282 e. The third-order valence-electron chi connectivity index (χ3n) is 6.27. The highest BCUT2D eigenvalue weighted by Gasteiger charge is 2.45. The molecule has 2 saturated heterocycles. The first-order valence-electron chi connectivity index (χ1n) is 10.8. The molecule has 3 heterocycles. The van der Waals surface area contributed by atoms with Crippen LogP contribution in [0.4, 0.5) is 10.2 Å². The summed E-state index contributed by atoms with van der Waals surface area (Å²) in [7, 11) is 0. The van der Waals surface area contributed by atoms with Gasteiger partial charge in [0.2, 0.25) is 0 Å². The first-order chi connectivity index (χ1) is 15.1. The van der Waals surface area contributed by atoms with Crippen molar-refractivity contribution in [1.29, 1.82) is 0 Å². The number of amides is 1. The van der Waals surface area contributed by atoms with Gasteiger partial charge in [-0.15, -0.1) is 10.2 Å². The number of nitrogens with one attached hydrogen (secondary N) is 1. The number of para-hydroxylation sites is 1. The standard InChI is InChI=1S/C22H29FN6O2/c1-3-29(16(2)12-23)21(30)17-6-4-5-7-18(17)31-20-19(25-15-26-27-20)28-13-22(14-28)8-10-24-11-9-22/h4-7,15-16,24H,3,8-14H2,1-2H3. The molecule has 1 N–H and O–H groups in total. The number of ether oxygens (including phenoxy) is 1. The number of anilines is 1. The molecular weight excluding hydrogens is 399 g/mol. The molecule has 31 heavy (non-hydrogen) atoms. The minimum absolute atomic E-state index is 0.271. The van der Waals surface area contributed by atoms with E-state index in [0.717, 1.165) is 39.0 Å². The van der Waals surface area contributed by atoms with Crippen LogP contribution in [0.5, 0.6) is 11.6 Å². The number of carbonyl (C=O) groups excluding carboxylic acids is 1. The van der Waals surface area contributed by atoms with Gasteiger partial charge in [0.05, 0.1) is 11.6 Å². The molecule has 9 heteroatoms. The lowest BCUT2D eigenvalue weighted by Gasteiger charge is -2.52. The maximum absolute atomic E-state index is 13.2. The minimum atomic E-state index is -0.604. The van der Waals surface area contributed by atoms with Crippen LogP contribution in [0.15, 0.2) is 30.6 Å². The van der Waals surface area contributed by atoms with Crippen molar-refractivity contribution in [2.75, 3.05) is 44.3 Å². The van der Waals surface area contributed by atoms with E-state index in [1.54, 1.807) is 31.2 Å². The summed E-state index contributed by atoms with van der Waals surface area (Å²) < 4.78 is 19.3. The topological polar surface area (TPSA) is 83.5 Å². The van der Waals surface area contributed by atoms with Crippen LogP contribution in [-0.4, -0.2) is 71.4 Å². The van der Waals surface area contributed by atoms with Gasteiger partial charge in [-0.25, -0.2) is 9.37 Å².